The molecule has 3 N–H and O–H groups in total. The lowest BCUT2D eigenvalue weighted by molar-refractivity contribution is 0.119. The van der Waals surface area contributed by atoms with Crippen LogP contribution < -0.4 is 5.73 Å². The maximum Gasteiger partial charge on any atom is 0.0906 e. The van der Waals surface area contributed by atoms with Crippen molar-refractivity contribution in [3.63, 3.8) is 0 Å². The number of hydrogen-bond donors (Lipinski definition) is 2. The fourth-order valence-corrected chi connectivity index (χ4v) is 1.56. The number of ether oxygens (including phenoxy) is 1. The van der Waals surface area contributed by atoms with Gasteiger partial charge in [0.15, 0.2) is 0 Å². The van der Waals surface area contributed by atoms with Crippen molar-refractivity contribution < 1.29 is 4.74 Å². The standard InChI is InChI=1S/C11H15BrN2O/c12-10-5-2-1-4-9(10)8-15-7-3-6-11(13)14/h1-2,4-5H,3,6-8H2,(H3,13,14). The molecule has 4 heteroatoms. The SMILES string of the molecule is N=C(N)CCCOCc1ccccc1Br. The largest absolute Gasteiger partial charge is 0.388 e. The van der Waals surface area contributed by atoms with Crippen LogP contribution in [0.3, 0.4) is 0 Å². The lowest BCUT2D eigenvalue weighted by Crippen LogP contribution is -2.10. The minimum absolute atomic E-state index is 0.222. The van der Waals surface area contributed by atoms with Crippen molar-refractivity contribution in [2.45, 2.75) is 19.4 Å². The minimum atomic E-state index is 0.222. The lowest BCUT2D eigenvalue weighted by Gasteiger charge is -2.05. The number of nitrogens with two attached hydrogens (primary N) is 1. The molecule has 0 amide bonds. The Morgan fingerprint density at radius 2 is 2.13 bits per heavy atom. The Balaban J connectivity index is 2.21. The molecule has 15 heavy (non-hydrogen) atoms. The van der Waals surface area contributed by atoms with Crippen LogP contribution in [0.25, 0.3) is 0 Å². The van der Waals surface area contributed by atoms with Gasteiger partial charge < -0.3 is 10.5 Å². The first kappa shape index (κ1) is 12.2. The summed E-state index contributed by atoms with van der Waals surface area (Å²) in [5, 5.41) is 7.04. The van der Waals surface area contributed by atoms with Gasteiger partial charge >= 0.3 is 0 Å². The third-order valence-corrected chi connectivity index (χ3v) is 2.72. The Morgan fingerprint density at radius 1 is 1.40 bits per heavy atom. The summed E-state index contributed by atoms with van der Waals surface area (Å²) in [6, 6.07) is 7.98. The summed E-state index contributed by atoms with van der Waals surface area (Å²) in [6.45, 7) is 1.24. The highest BCUT2D eigenvalue weighted by Crippen LogP contribution is 2.16. The molecule has 82 valence electrons. The van der Waals surface area contributed by atoms with Crippen molar-refractivity contribution in [3.8, 4) is 0 Å². The molecule has 0 aliphatic carbocycles. The Labute approximate surface area is 98.3 Å². The molecule has 0 saturated heterocycles. The Bertz CT molecular complexity index is 328. The van der Waals surface area contributed by atoms with Crippen molar-refractivity contribution in [2.24, 2.45) is 5.73 Å². The Morgan fingerprint density at radius 3 is 2.80 bits per heavy atom. The topological polar surface area (TPSA) is 59.1 Å². The quantitative estimate of drug-likeness (QED) is 0.474. The van der Waals surface area contributed by atoms with Crippen LogP contribution in [0.1, 0.15) is 18.4 Å². The van der Waals surface area contributed by atoms with Gasteiger partial charge in [0.2, 0.25) is 0 Å². The van der Waals surface area contributed by atoms with Crippen LogP contribution in [-0.2, 0) is 11.3 Å². The second-order valence-electron chi connectivity index (χ2n) is 3.27. The molecule has 1 aromatic carbocycles. The number of rotatable bonds is 6. The highest BCUT2D eigenvalue weighted by Gasteiger charge is 1.98. The zero-order valence-corrected chi connectivity index (χ0v) is 10.1. The molecule has 0 bridgehead atoms. The predicted octanol–water partition coefficient (Wildman–Crippen LogP) is 2.68. The van der Waals surface area contributed by atoms with Gasteiger partial charge in [-0.3, -0.25) is 5.41 Å². The number of nitrogens with one attached hydrogen (secondary N) is 1. The highest BCUT2D eigenvalue weighted by molar-refractivity contribution is 9.10. The monoisotopic (exact) mass is 270 g/mol. The molecule has 0 spiro atoms. The van der Waals surface area contributed by atoms with Crippen molar-refractivity contribution in [2.75, 3.05) is 6.61 Å². The normalized spacial score (nSPS) is 10.2. The summed E-state index contributed by atoms with van der Waals surface area (Å²) in [5.74, 6) is 0.222. The molecular weight excluding hydrogens is 256 g/mol. The van der Waals surface area contributed by atoms with Crippen LogP contribution in [0, 0.1) is 5.41 Å². The van der Waals surface area contributed by atoms with Crippen molar-refractivity contribution >= 4 is 21.8 Å². The summed E-state index contributed by atoms with van der Waals surface area (Å²) >= 11 is 3.45. The first-order chi connectivity index (χ1) is 7.20. The molecule has 0 radical (unpaired) electrons. The van der Waals surface area contributed by atoms with E-state index in [1.165, 1.54) is 0 Å². The van der Waals surface area contributed by atoms with E-state index in [4.69, 9.17) is 15.9 Å². The summed E-state index contributed by atoms with van der Waals surface area (Å²) in [7, 11) is 0. The van der Waals surface area contributed by atoms with Crippen LogP contribution in [0.15, 0.2) is 28.7 Å². The maximum atomic E-state index is 7.04. The molecule has 0 atom stereocenters. The molecule has 0 heterocycles. The summed E-state index contributed by atoms with van der Waals surface area (Å²) < 4.78 is 6.53. The molecule has 1 rings (SSSR count). The van der Waals surface area contributed by atoms with Crippen molar-refractivity contribution in [1.82, 2.24) is 0 Å². The zero-order valence-electron chi connectivity index (χ0n) is 8.50. The fraction of sp³-hybridized carbons (Fsp3) is 0.364. The fourth-order valence-electron chi connectivity index (χ4n) is 1.16. The van der Waals surface area contributed by atoms with Gasteiger partial charge in [0.25, 0.3) is 0 Å². The first-order valence-corrected chi connectivity index (χ1v) is 5.63. The molecule has 0 aromatic heterocycles. The maximum absolute atomic E-state index is 7.04. The van der Waals surface area contributed by atoms with Gasteiger partial charge in [-0.1, -0.05) is 34.1 Å². The van der Waals surface area contributed by atoms with E-state index in [2.05, 4.69) is 15.9 Å². The number of benzene rings is 1. The smallest absolute Gasteiger partial charge is 0.0906 e. The van der Waals surface area contributed by atoms with Crippen molar-refractivity contribution in [3.05, 3.63) is 34.3 Å². The van der Waals surface area contributed by atoms with Gasteiger partial charge in [-0.15, -0.1) is 0 Å². The van der Waals surface area contributed by atoms with Crippen molar-refractivity contribution in [1.29, 1.82) is 5.41 Å². The second kappa shape index (κ2) is 6.58. The van der Waals surface area contributed by atoms with Gasteiger partial charge in [0, 0.05) is 17.5 Å². The van der Waals surface area contributed by atoms with E-state index in [1.807, 2.05) is 24.3 Å². The van der Waals surface area contributed by atoms with E-state index in [0.29, 0.717) is 19.6 Å². The van der Waals surface area contributed by atoms with E-state index in [9.17, 15) is 0 Å². The van der Waals surface area contributed by atoms with E-state index >= 15 is 0 Å². The third-order valence-electron chi connectivity index (χ3n) is 1.95. The van der Waals surface area contributed by atoms with Crippen LogP contribution in [0.4, 0.5) is 0 Å². The molecule has 1 aromatic rings. The van der Waals surface area contributed by atoms with Gasteiger partial charge in [-0.25, -0.2) is 0 Å². The van der Waals surface area contributed by atoms with Crippen LogP contribution >= 0.6 is 15.9 Å². The van der Waals surface area contributed by atoms with E-state index < -0.39 is 0 Å². The Kier molecular flexibility index (Phi) is 5.36. The van der Waals surface area contributed by atoms with E-state index in [0.717, 1.165) is 16.5 Å². The summed E-state index contributed by atoms with van der Waals surface area (Å²) in [5.41, 5.74) is 6.37. The molecule has 0 saturated carbocycles. The van der Waals surface area contributed by atoms with Gasteiger partial charge in [0.1, 0.15) is 0 Å². The van der Waals surface area contributed by atoms with Crippen LogP contribution in [0.2, 0.25) is 0 Å². The average Bonchev–Trinajstić information content (AvgIpc) is 2.20. The third kappa shape index (κ3) is 4.95. The van der Waals surface area contributed by atoms with Crippen LogP contribution in [0.5, 0.6) is 0 Å². The van der Waals surface area contributed by atoms with Gasteiger partial charge in [0.05, 0.1) is 12.4 Å². The molecule has 0 unspecified atom stereocenters. The minimum Gasteiger partial charge on any atom is -0.388 e. The molecule has 0 fully saturated rings. The van der Waals surface area contributed by atoms with Crippen LogP contribution in [-0.4, -0.2) is 12.4 Å². The first-order valence-electron chi connectivity index (χ1n) is 4.84. The number of halogens is 1. The molecular formula is C11H15BrN2O. The summed E-state index contributed by atoms with van der Waals surface area (Å²) in [6.07, 6.45) is 1.41. The second-order valence-corrected chi connectivity index (χ2v) is 4.13. The molecule has 3 nitrogen and oxygen atoms in total. The predicted molar refractivity (Wildman–Crippen MR) is 64.9 cm³/mol. The average molecular weight is 271 g/mol. The lowest BCUT2D eigenvalue weighted by atomic mass is 10.2. The van der Waals surface area contributed by atoms with Gasteiger partial charge in [-0.05, 0) is 18.1 Å². The zero-order chi connectivity index (χ0) is 11.1. The van der Waals surface area contributed by atoms with E-state index in [-0.39, 0.29) is 5.84 Å². The van der Waals surface area contributed by atoms with Gasteiger partial charge in [-0.2, -0.15) is 0 Å². The Hall–Kier alpha value is -0.870. The number of hydrogen-bond acceptors (Lipinski definition) is 2. The van der Waals surface area contributed by atoms with E-state index in [1.54, 1.807) is 0 Å². The summed E-state index contributed by atoms with van der Waals surface area (Å²) in [4.78, 5) is 0. The highest BCUT2D eigenvalue weighted by atomic mass is 79.9. The number of amidine groups is 1. The molecule has 0 aliphatic rings. The molecule has 0 aliphatic heterocycles.